The average molecular weight is 201 g/mol. The smallest absolute Gasteiger partial charge is 0.273 e. The van der Waals surface area contributed by atoms with E-state index in [0.717, 1.165) is 4.88 Å². The topological polar surface area (TPSA) is 91.2 Å². The predicted molar refractivity (Wildman–Crippen MR) is 49.4 cm³/mol. The van der Waals surface area contributed by atoms with Gasteiger partial charge in [0, 0.05) is 23.5 Å². The second kappa shape index (κ2) is 4.20. The quantitative estimate of drug-likeness (QED) is 0.718. The fourth-order valence-electron chi connectivity index (χ4n) is 0.853. The SMILES string of the molecule is COc1ncc(C(N)CC(N)=O)s1. The standard InChI is InChI=1S/C7H11N3O2S/c1-12-7-10-3-5(13-7)4(8)2-6(9)11/h3-4H,2,8H2,1H3,(H2,9,11). The van der Waals surface area contributed by atoms with Gasteiger partial charge >= 0.3 is 0 Å². The zero-order chi connectivity index (χ0) is 9.84. The monoisotopic (exact) mass is 201 g/mol. The molecule has 0 saturated carbocycles. The summed E-state index contributed by atoms with van der Waals surface area (Å²) in [4.78, 5) is 15.3. The fourth-order valence-corrected chi connectivity index (χ4v) is 1.58. The molecule has 0 saturated heterocycles. The summed E-state index contributed by atoms with van der Waals surface area (Å²) >= 11 is 1.32. The molecule has 72 valence electrons. The summed E-state index contributed by atoms with van der Waals surface area (Å²) < 4.78 is 4.89. The van der Waals surface area contributed by atoms with Crippen molar-refractivity contribution in [1.29, 1.82) is 0 Å². The molecule has 0 aliphatic heterocycles. The molecule has 0 aliphatic rings. The van der Waals surface area contributed by atoms with E-state index in [2.05, 4.69) is 4.98 Å². The average Bonchev–Trinajstić information content (AvgIpc) is 2.50. The van der Waals surface area contributed by atoms with Crippen molar-refractivity contribution in [3.05, 3.63) is 11.1 Å². The van der Waals surface area contributed by atoms with Gasteiger partial charge in [0.1, 0.15) is 0 Å². The van der Waals surface area contributed by atoms with Gasteiger partial charge < -0.3 is 16.2 Å². The van der Waals surface area contributed by atoms with Gasteiger partial charge in [0.2, 0.25) is 5.91 Å². The van der Waals surface area contributed by atoms with Crippen molar-refractivity contribution < 1.29 is 9.53 Å². The summed E-state index contributed by atoms with van der Waals surface area (Å²) in [5, 5.41) is 0.537. The lowest BCUT2D eigenvalue weighted by Crippen LogP contribution is -2.19. The number of primary amides is 1. The Labute approximate surface area is 79.7 Å². The number of thiazole rings is 1. The number of methoxy groups -OCH3 is 1. The van der Waals surface area contributed by atoms with Crippen molar-refractivity contribution >= 4 is 17.2 Å². The molecule has 1 amide bonds. The van der Waals surface area contributed by atoms with E-state index in [4.69, 9.17) is 16.2 Å². The normalized spacial score (nSPS) is 12.5. The molecular weight excluding hydrogens is 190 g/mol. The van der Waals surface area contributed by atoms with Crippen molar-refractivity contribution in [2.24, 2.45) is 11.5 Å². The number of carbonyl (C=O) groups excluding carboxylic acids is 1. The third-order valence-corrected chi connectivity index (χ3v) is 2.55. The molecule has 0 spiro atoms. The van der Waals surface area contributed by atoms with Gasteiger partial charge in [-0.05, 0) is 0 Å². The van der Waals surface area contributed by atoms with Crippen LogP contribution in [0.2, 0.25) is 0 Å². The highest BCUT2D eigenvalue weighted by Crippen LogP contribution is 2.25. The number of ether oxygens (including phenoxy) is 1. The first kappa shape index (κ1) is 9.94. The van der Waals surface area contributed by atoms with E-state index in [1.165, 1.54) is 18.4 Å². The first-order valence-corrected chi connectivity index (χ1v) is 4.48. The number of hydrogen-bond donors (Lipinski definition) is 2. The van der Waals surface area contributed by atoms with Gasteiger partial charge in [0.05, 0.1) is 7.11 Å². The molecule has 1 aromatic rings. The van der Waals surface area contributed by atoms with Gasteiger partial charge in [-0.25, -0.2) is 4.98 Å². The molecule has 0 bridgehead atoms. The molecule has 5 nitrogen and oxygen atoms in total. The first-order chi connectivity index (χ1) is 6.13. The Balaban J connectivity index is 2.65. The summed E-state index contributed by atoms with van der Waals surface area (Å²) in [6.45, 7) is 0. The molecule has 1 aromatic heterocycles. The second-order valence-electron chi connectivity index (χ2n) is 2.51. The van der Waals surface area contributed by atoms with E-state index in [-0.39, 0.29) is 12.5 Å². The Bertz CT molecular complexity index is 300. The fraction of sp³-hybridized carbons (Fsp3) is 0.429. The first-order valence-electron chi connectivity index (χ1n) is 3.67. The van der Waals surface area contributed by atoms with Crippen LogP contribution in [0.15, 0.2) is 6.20 Å². The Morgan fingerprint density at radius 3 is 3.00 bits per heavy atom. The number of amides is 1. The van der Waals surface area contributed by atoms with Crippen LogP contribution in [0.5, 0.6) is 5.19 Å². The van der Waals surface area contributed by atoms with Crippen molar-refractivity contribution in [3.8, 4) is 5.19 Å². The minimum Gasteiger partial charge on any atom is -0.473 e. The Hall–Kier alpha value is -1.14. The molecule has 0 radical (unpaired) electrons. The highest BCUT2D eigenvalue weighted by atomic mass is 32.1. The zero-order valence-corrected chi connectivity index (χ0v) is 8.00. The second-order valence-corrected chi connectivity index (χ2v) is 3.53. The number of aromatic nitrogens is 1. The molecule has 6 heteroatoms. The van der Waals surface area contributed by atoms with Crippen LogP contribution < -0.4 is 16.2 Å². The number of nitrogens with zero attached hydrogens (tertiary/aromatic N) is 1. The van der Waals surface area contributed by atoms with Crippen LogP contribution in [0, 0.1) is 0 Å². The van der Waals surface area contributed by atoms with Crippen LogP contribution in [0.25, 0.3) is 0 Å². The number of nitrogens with two attached hydrogens (primary N) is 2. The van der Waals surface area contributed by atoms with Crippen LogP contribution in [0.4, 0.5) is 0 Å². The Morgan fingerprint density at radius 1 is 1.85 bits per heavy atom. The Kier molecular flexibility index (Phi) is 3.21. The van der Waals surface area contributed by atoms with Crippen LogP contribution >= 0.6 is 11.3 Å². The lowest BCUT2D eigenvalue weighted by Gasteiger charge is -2.04. The molecule has 0 aromatic carbocycles. The highest BCUT2D eigenvalue weighted by Gasteiger charge is 2.12. The lowest BCUT2D eigenvalue weighted by molar-refractivity contribution is -0.118. The maximum absolute atomic E-state index is 10.6. The third kappa shape index (κ3) is 2.67. The van der Waals surface area contributed by atoms with Crippen molar-refractivity contribution in [2.45, 2.75) is 12.5 Å². The molecule has 0 fully saturated rings. The minimum absolute atomic E-state index is 0.130. The van der Waals surface area contributed by atoms with E-state index >= 15 is 0 Å². The number of carbonyl (C=O) groups is 1. The summed E-state index contributed by atoms with van der Waals surface area (Å²) in [5.74, 6) is -0.417. The van der Waals surface area contributed by atoms with Crippen LogP contribution in [-0.2, 0) is 4.79 Å². The van der Waals surface area contributed by atoms with Crippen LogP contribution in [-0.4, -0.2) is 18.0 Å². The maximum atomic E-state index is 10.6. The molecule has 13 heavy (non-hydrogen) atoms. The van der Waals surface area contributed by atoms with Gasteiger partial charge in [-0.1, -0.05) is 11.3 Å². The predicted octanol–water partition coefficient (Wildman–Crippen LogP) is 0.0269. The molecule has 1 atom stereocenters. The molecular formula is C7H11N3O2S. The van der Waals surface area contributed by atoms with Crippen molar-refractivity contribution in [1.82, 2.24) is 4.98 Å². The van der Waals surface area contributed by atoms with Crippen LogP contribution in [0.1, 0.15) is 17.3 Å². The molecule has 1 heterocycles. The summed E-state index contributed by atoms with van der Waals surface area (Å²) in [6.07, 6.45) is 1.72. The zero-order valence-electron chi connectivity index (χ0n) is 7.19. The summed E-state index contributed by atoms with van der Waals surface area (Å²) in [7, 11) is 1.53. The lowest BCUT2D eigenvalue weighted by atomic mass is 10.2. The van der Waals surface area contributed by atoms with Crippen LogP contribution in [0.3, 0.4) is 0 Å². The summed E-state index contributed by atoms with van der Waals surface area (Å²) in [6, 6.07) is -0.376. The van der Waals surface area contributed by atoms with Gasteiger partial charge in [-0.2, -0.15) is 0 Å². The minimum atomic E-state index is -0.417. The van der Waals surface area contributed by atoms with Gasteiger partial charge in [-0.3, -0.25) is 4.79 Å². The van der Waals surface area contributed by atoms with Gasteiger partial charge in [0.15, 0.2) is 0 Å². The molecule has 1 unspecified atom stereocenters. The van der Waals surface area contributed by atoms with Gasteiger partial charge in [-0.15, -0.1) is 0 Å². The van der Waals surface area contributed by atoms with Crippen molar-refractivity contribution in [3.63, 3.8) is 0 Å². The van der Waals surface area contributed by atoms with E-state index in [0.29, 0.717) is 5.19 Å². The van der Waals surface area contributed by atoms with E-state index < -0.39 is 5.91 Å². The van der Waals surface area contributed by atoms with E-state index in [1.807, 2.05) is 0 Å². The molecule has 0 aliphatic carbocycles. The molecule has 4 N–H and O–H groups in total. The summed E-state index contributed by atoms with van der Waals surface area (Å²) in [5.41, 5.74) is 10.7. The van der Waals surface area contributed by atoms with E-state index in [1.54, 1.807) is 6.20 Å². The van der Waals surface area contributed by atoms with E-state index in [9.17, 15) is 4.79 Å². The largest absolute Gasteiger partial charge is 0.473 e. The Morgan fingerprint density at radius 2 is 2.54 bits per heavy atom. The number of rotatable bonds is 4. The maximum Gasteiger partial charge on any atom is 0.273 e. The van der Waals surface area contributed by atoms with Gasteiger partial charge in [0.25, 0.3) is 5.19 Å². The third-order valence-electron chi connectivity index (χ3n) is 1.46. The molecule has 1 rings (SSSR count). The van der Waals surface area contributed by atoms with Crippen molar-refractivity contribution in [2.75, 3.05) is 7.11 Å². The number of hydrogen-bond acceptors (Lipinski definition) is 5. The highest BCUT2D eigenvalue weighted by molar-refractivity contribution is 7.13.